The minimum absolute atomic E-state index is 0.00617. The Hall–Kier alpha value is -6.42. The summed E-state index contributed by atoms with van der Waals surface area (Å²) < 4.78 is 60.6. The summed E-state index contributed by atoms with van der Waals surface area (Å²) in [6.07, 6.45) is -8.13. The molecular formula is C54H56N6O9. The highest BCUT2D eigenvalue weighted by molar-refractivity contribution is 5.18. The van der Waals surface area contributed by atoms with Crippen molar-refractivity contribution < 1.29 is 42.6 Å². The lowest BCUT2D eigenvalue weighted by atomic mass is 9.95. The van der Waals surface area contributed by atoms with Crippen LogP contribution in [0.4, 0.5) is 0 Å². The van der Waals surface area contributed by atoms with Crippen LogP contribution >= 0.6 is 0 Å². The van der Waals surface area contributed by atoms with E-state index in [9.17, 15) is 11.1 Å². The molecule has 2 heterocycles. The fourth-order valence-electron chi connectivity index (χ4n) is 8.34. The number of rotatable bonds is 24. The molecule has 15 nitrogen and oxygen atoms in total. The van der Waals surface area contributed by atoms with Crippen molar-refractivity contribution in [1.29, 1.82) is 0 Å². The van der Waals surface area contributed by atoms with Gasteiger partial charge in [-0.15, -0.1) is 0 Å². The van der Waals surface area contributed by atoms with Gasteiger partial charge in [0.15, 0.2) is 12.6 Å². The standard InChI is InChI=1S/C54H56N6O9/c55-59-57-47-45(37-61-31-39-19-7-1-8-20-39)67-53(51(65-35-43-27-15-5-16-28-43)49(47)63-33-41-23-11-3-12-24-41)69-54-52(66-36-44-29-17-6-18-30-44)50(64-34-42-25-13-4-14-26-42)48(58-60-56)46(68-54)38-62-32-40-21-9-2-10-22-40/h1-30,45-54H,31-38H2/t45-,46-,47+,48+,49+,50+,51-,52-,53-,54-/m1/s1. The van der Waals surface area contributed by atoms with Crippen molar-refractivity contribution in [1.82, 2.24) is 0 Å². The Morgan fingerprint density at radius 2 is 0.623 bits per heavy atom. The smallest absolute Gasteiger partial charge is 0.189 e. The van der Waals surface area contributed by atoms with Gasteiger partial charge in [-0.25, -0.2) is 0 Å². The predicted octanol–water partition coefficient (Wildman–Crippen LogP) is 10.6. The first kappa shape index (κ1) is 49.0. The predicted molar refractivity (Wildman–Crippen MR) is 257 cm³/mol. The maximum absolute atomic E-state index is 10.1. The molecule has 2 aliphatic rings. The molecular weight excluding hydrogens is 877 g/mol. The molecule has 0 aromatic heterocycles. The lowest BCUT2D eigenvalue weighted by molar-refractivity contribution is -0.374. The fourth-order valence-corrected chi connectivity index (χ4v) is 8.34. The second-order valence-electron chi connectivity index (χ2n) is 16.7. The summed E-state index contributed by atoms with van der Waals surface area (Å²) in [5.74, 6) is 0. The largest absolute Gasteiger partial charge is 0.374 e. The SMILES string of the molecule is [N-]=[N+]=N[C@@H]1[C@H](OCc2ccccc2)[C@@H](OCc2ccccc2)[C@@H](O[C@H]2O[C@H](COCc3ccccc3)[C@H](N=[N+]=[N-])[C@H](OCc3ccccc3)[C@H]2OCc2ccccc2)O[C@@H]1COCc1ccccc1. The molecule has 0 spiro atoms. The topological polar surface area (TPSA) is 181 Å². The first-order valence-corrected chi connectivity index (χ1v) is 23.1. The van der Waals surface area contributed by atoms with Crippen LogP contribution in [0.25, 0.3) is 20.9 Å². The van der Waals surface area contributed by atoms with Crippen LogP contribution in [0.15, 0.2) is 192 Å². The van der Waals surface area contributed by atoms with Crippen molar-refractivity contribution in [2.24, 2.45) is 10.2 Å². The van der Waals surface area contributed by atoms with Crippen LogP contribution in [-0.2, 0) is 82.3 Å². The lowest BCUT2D eigenvalue weighted by Crippen LogP contribution is -2.64. The van der Waals surface area contributed by atoms with Crippen LogP contribution in [0.1, 0.15) is 33.4 Å². The van der Waals surface area contributed by atoms with Crippen molar-refractivity contribution in [3.05, 3.63) is 236 Å². The van der Waals surface area contributed by atoms with E-state index < -0.39 is 61.3 Å². The van der Waals surface area contributed by atoms with Gasteiger partial charge in [0.2, 0.25) is 0 Å². The molecule has 2 saturated heterocycles. The van der Waals surface area contributed by atoms with E-state index in [1.807, 2.05) is 182 Å². The van der Waals surface area contributed by atoms with Gasteiger partial charge in [-0.3, -0.25) is 0 Å². The van der Waals surface area contributed by atoms with Crippen LogP contribution in [-0.4, -0.2) is 74.5 Å². The molecule has 15 heteroatoms. The third-order valence-electron chi connectivity index (χ3n) is 11.8. The first-order valence-electron chi connectivity index (χ1n) is 23.1. The number of nitrogens with zero attached hydrogens (tertiary/aromatic N) is 6. The summed E-state index contributed by atoms with van der Waals surface area (Å²) in [5.41, 5.74) is 25.6. The monoisotopic (exact) mass is 932 g/mol. The third kappa shape index (κ3) is 14.3. The molecule has 356 valence electrons. The number of ether oxygens (including phenoxy) is 9. The van der Waals surface area contributed by atoms with E-state index in [1.165, 1.54) is 0 Å². The zero-order chi connectivity index (χ0) is 47.3. The molecule has 0 saturated carbocycles. The average Bonchev–Trinajstić information content (AvgIpc) is 3.40. The first-order chi connectivity index (χ1) is 34.1. The van der Waals surface area contributed by atoms with Gasteiger partial charge in [-0.1, -0.05) is 192 Å². The van der Waals surface area contributed by atoms with Gasteiger partial charge in [0, 0.05) is 9.82 Å². The molecule has 10 atom stereocenters. The Labute approximate surface area is 402 Å². The Kier molecular flexibility index (Phi) is 18.7. The molecule has 2 fully saturated rings. The number of hydrogen-bond acceptors (Lipinski definition) is 11. The molecule has 69 heavy (non-hydrogen) atoms. The van der Waals surface area contributed by atoms with Gasteiger partial charge >= 0.3 is 0 Å². The average molecular weight is 933 g/mol. The maximum atomic E-state index is 10.1. The van der Waals surface area contributed by atoms with E-state index in [-0.39, 0.29) is 52.9 Å². The zero-order valence-electron chi connectivity index (χ0n) is 38.1. The number of hydrogen-bond donors (Lipinski definition) is 0. The number of benzene rings is 6. The highest BCUT2D eigenvalue weighted by Gasteiger charge is 2.53. The van der Waals surface area contributed by atoms with Crippen LogP contribution in [0.5, 0.6) is 0 Å². The molecule has 6 aromatic carbocycles. The van der Waals surface area contributed by atoms with Crippen molar-refractivity contribution >= 4 is 0 Å². The van der Waals surface area contributed by atoms with Gasteiger partial charge in [-0.2, -0.15) is 0 Å². The molecule has 6 aromatic rings. The second-order valence-corrected chi connectivity index (χ2v) is 16.7. The van der Waals surface area contributed by atoms with E-state index in [0.717, 1.165) is 33.4 Å². The molecule has 0 N–H and O–H groups in total. The van der Waals surface area contributed by atoms with E-state index >= 15 is 0 Å². The van der Waals surface area contributed by atoms with Gasteiger partial charge < -0.3 is 42.6 Å². The van der Waals surface area contributed by atoms with Crippen molar-refractivity contribution in [3.63, 3.8) is 0 Å². The summed E-state index contributed by atoms with van der Waals surface area (Å²) in [5, 5.41) is 8.58. The molecule has 8 rings (SSSR count). The Morgan fingerprint density at radius 3 is 0.899 bits per heavy atom. The lowest BCUT2D eigenvalue weighted by Gasteiger charge is -2.49. The quantitative estimate of drug-likeness (QED) is 0.0324. The molecule has 0 bridgehead atoms. The Bertz CT molecular complexity index is 2320. The normalized spacial score (nSPS) is 24.4. The molecule has 0 unspecified atom stereocenters. The summed E-state index contributed by atoms with van der Waals surface area (Å²) in [4.78, 5) is 6.56. The van der Waals surface area contributed by atoms with Gasteiger partial charge in [-0.05, 0) is 44.4 Å². The minimum atomic E-state index is -1.24. The molecule has 0 aliphatic carbocycles. The van der Waals surface area contributed by atoms with Crippen LogP contribution in [0.2, 0.25) is 0 Å². The highest BCUT2D eigenvalue weighted by Crippen LogP contribution is 2.36. The molecule has 0 radical (unpaired) electrons. The van der Waals surface area contributed by atoms with Crippen LogP contribution in [0, 0.1) is 0 Å². The summed E-state index contributed by atoms with van der Waals surface area (Å²) in [7, 11) is 0. The van der Waals surface area contributed by atoms with E-state index in [2.05, 4.69) is 20.1 Å². The summed E-state index contributed by atoms with van der Waals surface area (Å²) in [6.45, 7) is 1.14. The highest BCUT2D eigenvalue weighted by atomic mass is 16.8. The molecule has 0 amide bonds. The van der Waals surface area contributed by atoms with Gasteiger partial charge in [0.25, 0.3) is 0 Å². The minimum Gasteiger partial charge on any atom is -0.374 e. The summed E-state index contributed by atoms with van der Waals surface area (Å²) >= 11 is 0. The fraction of sp³-hybridized carbons (Fsp3) is 0.333. The maximum Gasteiger partial charge on any atom is 0.189 e. The third-order valence-corrected chi connectivity index (χ3v) is 11.8. The van der Waals surface area contributed by atoms with Gasteiger partial charge in [0.05, 0.1) is 77.1 Å². The Morgan fingerprint density at radius 1 is 0.362 bits per heavy atom. The second kappa shape index (κ2) is 26.4. The van der Waals surface area contributed by atoms with Crippen molar-refractivity contribution in [2.45, 2.75) is 101 Å². The summed E-state index contributed by atoms with van der Waals surface area (Å²) in [6, 6.07) is 56.4. The van der Waals surface area contributed by atoms with E-state index in [1.54, 1.807) is 0 Å². The van der Waals surface area contributed by atoms with E-state index in [0.29, 0.717) is 0 Å². The number of azide groups is 2. The Balaban J connectivity index is 1.17. The zero-order valence-corrected chi connectivity index (χ0v) is 38.1. The molecule has 2 aliphatic heterocycles. The van der Waals surface area contributed by atoms with Crippen molar-refractivity contribution in [2.75, 3.05) is 13.2 Å². The van der Waals surface area contributed by atoms with Crippen molar-refractivity contribution in [3.8, 4) is 0 Å². The van der Waals surface area contributed by atoms with Crippen LogP contribution in [0.3, 0.4) is 0 Å². The van der Waals surface area contributed by atoms with Crippen LogP contribution < -0.4 is 0 Å². The van der Waals surface area contributed by atoms with E-state index in [4.69, 9.17) is 42.6 Å². The van der Waals surface area contributed by atoms with Gasteiger partial charge in [0.1, 0.15) is 24.4 Å².